The lowest BCUT2D eigenvalue weighted by Crippen LogP contribution is -2.21. The van der Waals surface area contributed by atoms with Crippen LogP contribution in [0.3, 0.4) is 0 Å². The molecule has 0 heterocycles. The first-order valence-electron chi connectivity index (χ1n) is 4.87. The zero-order valence-electron chi connectivity index (χ0n) is 9.55. The van der Waals surface area contributed by atoms with E-state index in [1.54, 1.807) is 13.2 Å². The molecule has 1 aromatic rings. The Bertz CT molecular complexity index is 446. The van der Waals surface area contributed by atoms with Gasteiger partial charge in [0.1, 0.15) is 0 Å². The van der Waals surface area contributed by atoms with Crippen molar-refractivity contribution in [3.8, 4) is 5.75 Å². The molecule has 1 aromatic carbocycles. The number of hydrogen-bond acceptors (Lipinski definition) is 3. The summed E-state index contributed by atoms with van der Waals surface area (Å²) in [6, 6.07) is 4.32. The number of rotatable bonds is 4. The summed E-state index contributed by atoms with van der Waals surface area (Å²) in [6.45, 7) is 1.55. The minimum absolute atomic E-state index is 0.0800. The summed E-state index contributed by atoms with van der Waals surface area (Å²) < 4.78 is 41.0. The first-order valence-corrected chi connectivity index (χ1v) is 7.01. The number of halogens is 4. The van der Waals surface area contributed by atoms with Crippen LogP contribution in [-0.4, -0.2) is 23.2 Å². The van der Waals surface area contributed by atoms with Crippen molar-refractivity contribution in [3.05, 3.63) is 23.8 Å². The Morgan fingerprint density at radius 2 is 2.06 bits per heavy atom. The monoisotopic (exact) mass is 342 g/mol. The molecule has 1 unspecified atom stereocenters. The molecule has 0 radical (unpaired) electrons. The highest BCUT2D eigenvalue weighted by molar-refractivity contribution is 9.10. The molecule has 0 aliphatic rings. The van der Waals surface area contributed by atoms with Crippen molar-refractivity contribution < 1.29 is 22.7 Å². The Hall–Kier alpha value is -0.690. The molecule has 0 saturated carbocycles. The molecule has 0 aromatic heterocycles. The Morgan fingerprint density at radius 3 is 2.50 bits per heavy atom. The molecule has 18 heavy (non-hydrogen) atoms. The van der Waals surface area contributed by atoms with E-state index in [0.717, 1.165) is 11.8 Å². The quantitative estimate of drug-likeness (QED) is 0.464. The van der Waals surface area contributed by atoms with Crippen LogP contribution in [0.25, 0.3) is 0 Å². The second-order valence-corrected chi connectivity index (χ2v) is 5.59. The van der Waals surface area contributed by atoms with Crippen LogP contribution in [0.4, 0.5) is 13.2 Å². The van der Waals surface area contributed by atoms with Gasteiger partial charge in [-0.05, 0) is 25.3 Å². The predicted octanol–water partition coefficient (Wildman–Crippen LogP) is 4.27. The smallest absolute Gasteiger partial charge is 0.404 e. The molecule has 0 aliphatic carbocycles. The van der Waals surface area contributed by atoms with Crippen molar-refractivity contribution in [2.24, 2.45) is 0 Å². The van der Waals surface area contributed by atoms with E-state index in [4.69, 9.17) is 0 Å². The lowest BCUT2D eigenvalue weighted by atomic mass is 10.1. The van der Waals surface area contributed by atoms with Crippen LogP contribution in [0.15, 0.2) is 23.1 Å². The number of benzene rings is 1. The van der Waals surface area contributed by atoms with E-state index >= 15 is 0 Å². The molecule has 100 valence electrons. The van der Waals surface area contributed by atoms with Crippen LogP contribution >= 0.6 is 27.7 Å². The second kappa shape index (κ2) is 5.97. The molecule has 1 atom stereocenters. The van der Waals surface area contributed by atoms with Gasteiger partial charge >= 0.3 is 6.36 Å². The zero-order chi connectivity index (χ0) is 13.9. The number of carbonyl (C=O) groups is 1. The first-order chi connectivity index (χ1) is 8.26. The minimum atomic E-state index is -4.82. The molecule has 0 amide bonds. The van der Waals surface area contributed by atoms with Crippen LogP contribution in [-0.2, 0) is 0 Å². The second-order valence-electron chi connectivity index (χ2n) is 3.37. The lowest BCUT2D eigenvalue weighted by Gasteiger charge is -2.16. The van der Waals surface area contributed by atoms with Crippen LogP contribution < -0.4 is 4.74 Å². The average Bonchev–Trinajstić information content (AvgIpc) is 2.26. The highest BCUT2D eigenvalue weighted by Gasteiger charge is 2.34. The molecule has 0 N–H and O–H groups in total. The Morgan fingerprint density at radius 1 is 1.44 bits per heavy atom. The van der Waals surface area contributed by atoms with Gasteiger partial charge in [-0.15, -0.1) is 24.9 Å². The summed E-state index contributed by atoms with van der Waals surface area (Å²) in [5.41, 5.74) is -0.0800. The van der Waals surface area contributed by atoms with Gasteiger partial charge in [-0.1, -0.05) is 22.0 Å². The van der Waals surface area contributed by atoms with E-state index in [0.29, 0.717) is 0 Å². The molecular formula is C11H10BrF3O2S. The Kier molecular flexibility index (Phi) is 5.10. The van der Waals surface area contributed by atoms with Gasteiger partial charge in [0.2, 0.25) is 0 Å². The highest BCUT2D eigenvalue weighted by Crippen LogP contribution is 2.36. The van der Waals surface area contributed by atoms with Gasteiger partial charge in [-0.3, -0.25) is 4.79 Å². The van der Waals surface area contributed by atoms with Gasteiger partial charge < -0.3 is 4.74 Å². The fourth-order valence-electron chi connectivity index (χ4n) is 1.31. The Balaban J connectivity index is 3.29. The van der Waals surface area contributed by atoms with Gasteiger partial charge in [-0.2, -0.15) is 0 Å². The lowest BCUT2D eigenvalue weighted by molar-refractivity contribution is -0.275. The van der Waals surface area contributed by atoms with Crippen molar-refractivity contribution in [3.63, 3.8) is 0 Å². The van der Waals surface area contributed by atoms with E-state index in [-0.39, 0.29) is 10.5 Å². The predicted molar refractivity (Wildman–Crippen MR) is 67.6 cm³/mol. The van der Waals surface area contributed by atoms with E-state index in [1.807, 2.05) is 0 Å². The summed E-state index contributed by atoms with van der Waals surface area (Å²) in [5, 5.41) is 0. The molecule has 7 heteroatoms. The molecule has 0 fully saturated rings. The van der Waals surface area contributed by atoms with Gasteiger partial charge in [0.05, 0.1) is 15.3 Å². The fourth-order valence-corrected chi connectivity index (χ4v) is 2.10. The molecular weight excluding hydrogens is 333 g/mol. The number of alkyl halides is 4. The first kappa shape index (κ1) is 15.4. The van der Waals surface area contributed by atoms with Crippen LogP contribution in [0.2, 0.25) is 0 Å². The third-order valence-electron chi connectivity index (χ3n) is 2.04. The van der Waals surface area contributed by atoms with Gasteiger partial charge in [0.15, 0.2) is 11.5 Å². The molecule has 1 rings (SSSR count). The average molecular weight is 343 g/mol. The van der Waals surface area contributed by atoms with Crippen molar-refractivity contribution in [1.82, 2.24) is 0 Å². The number of para-hydroxylation sites is 1. The number of hydrogen-bond donors (Lipinski definition) is 0. The van der Waals surface area contributed by atoms with Crippen molar-refractivity contribution in [1.29, 1.82) is 0 Å². The normalized spacial score (nSPS) is 13.2. The fraction of sp³-hybridized carbons (Fsp3) is 0.364. The molecule has 0 aliphatic heterocycles. The topological polar surface area (TPSA) is 26.3 Å². The van der Waals surface area contributed by atoms with Crippen LogP contribution in [0, 0.1) is 0 Å². The van der Waals surface area contributed by atoms with E-state index < -0.39 is 22.7 Å². The van der Waals surface area contributed by atoms with Gasteiger partial charge in [-0.25, -0.2) is 0 Å². The van der Waals surface area contributed by atoms with Crippen molar-refractivity contribution in [2.45, 2.75) is 23.0 Å². The SMILES string of the molecule is CSc1cccc(C(=O)C(C)Br)c1OC(F)(F)F. The molecule has 0 bridgehead atoms. The molecule has 2 nitrogen and oxygen atoms in total. The standard InChI is InChI=1S/C11H10BrF3O2S/c1-6(12)9(16)7-4-3-5-8(18-2)10(7)17-11(13,14)15/h3-6H,1-2H3. The number of ether oxygens (including phenoxy) is 1. The van der Waals surface area contributed by atoms with E-state index in [9.17, 15) is 18.0 Å². The molecule has 0 saturated heterocycles. The Labute approximate surface area is 115 Å². The van der Waals surface area contributed by atoms with Gasteiger partial charge in [0.25, 0.3) is 0 Å². The summed E-state index contributed by atoms with van der Waals surface area (Å²) >= 11 is 4.13. The van der Waals surface area contributed by atoms with Crippen molar-refractivity contribution in [2.75, 3.05) is 6.26 Å². The maximum absolute atomic E-state index is 12.3. The van der Waals surface area contributed by atoms with Crippen molar-refractivity contribution >= 4 is 33.5 Å². The van der Waals surface area contributed by atoms with E-state index in [2.05, 4.69) is 20.7 Å². The summed E-state index contributed by atoms with van der Waals surface area (Å²) in [7, 11) is 0. The van der Waals surface area contributed by atoms with Crippen LogP contribution in [0.5, 0.6) is 5.75 Å². The highest BCUT2D eigenvalue weighted by atomic mass is 79.9. The summed E-state index contributed by atoms with van der Waals surface area (Å²) in [4.78, 5) is 11.5. The van der Waals surface area contributed by atoms with Crippen LogP contribution in [0.1, 0.15) is 17.3 Å². The van der Waals surface area contributed by atoms with Gasteiger partial charge in [0, 0.05) is 0 Å². The number of carbonyl (C=O) groups excluding carboxylic acids is 1. The maximum Gasteiger partial charge on any atom is 0.573 e. The number of ketones is 1. The number of Topliss-reactive ketones (excluding diaryl/α,β-unsaturated/α-hetero) is 1. The minimum Gasteiger partial charge on any atom is -0.404 e. The zero-order valence-corrected chi connectivity index (χ0v) is 11.9. The van der Waals surface area contributed by atoms with E-state index in [1.165, 1.54) is 18.2 Å². The third kappa shape index (κ3) is 3.91. The maximum atomic E-state index is 12.3. The summed E-state index contributed by atoms with van der Waals surface area (Å²) in [6.07, 6.45) is -3.21. The largest absolute Gasteiger partial charge is 0.573 e. The third-order valence-corrected chi connectivity index (χ3v) is 3.22. The number of thioether (sulfide) groups is 1. The molecule has 0 spiro atoms. The summed E-state index contributed by atoms with van der Waals surface area (Å²) in [5.74, 6) is -0.890.